The Morgan fingerprint density at radius 3 is 2.62 bits per heavy atom. The minimum absolute atomic E-state index is 0.0277. The van der Waals surface area contributed by atoms with Crippen LogP contribution in [0.1, 0.15) is 46.5 Å². The SMILES string of the molecule is CC(C)(C)OC(=O)CN=C1CCCC(=O)C1. The molecule has 90 valence electrons. The largest absolute Gasteiger partial charge is 0.459 e. The predicted octanol–water partition coefficient (Wildman–Crippen LogP) is 1.91. The van der Waals surface area contributed by atoms with E-state index in [1.807, 2.05) is 20.8 Å². The average Bonchev–Trinajstić information content (AvgIpc) is 2.12. The molecule has 1 aliphatic rings. The minimum atomic E-state index is -0.473. The molecule has 16 heavy (non-hydrogen) atoms. The molecule has 0 N–H and O–H groups in total. The van der Waals surface area contributed by atoms with E-state index in [2.05, 4.69) is 4.99 Å². The number of nitrogens with zero attached hydrogens (tertiary/aromatic N) is 1. The normalized spacial score (nSPS) is 19.9. The first-order valence-electron chi connectivity index (χ1n) is 5.62. The molecule has 4 nitrogen and oxygen atoms in total. The van der Waals surface area contributed by atoms with Gasteiger partial charge in [0.25, 0.3) is 0 Å². The number of esters is 1. The number of hydrogen-bond acceptors (Lipinski definition) is 4. The number of aliphatic imine (C=N–C) groups is 1. The zero-order valence-corrected chi connectivity index (χ0v) is 10.2. The summed E-state index contributed by atoms with van der Waals surface area (Å²) in [5.41, 5.74) is 0.363. The summed E-state index contributed by atoms with van der Waals surface area (Å²) in [4.78, 5) is 26.7. The van der Waals surface area contributed by atoms with Crippen LogP contribution in [0.2, 0.25) is 0 Å². The van der Waals surface area contributed by atoms with Crippen molar-refractivity contribution in [2.75, 3.05) is 6.54 Å². The molecule has 1 rings (SSSR count). The fraction of sp³-hybridized carbons (Fsp3) is 0.750. The molecule has 1 saturated carbocycles. The van der Waals surface area contributed by atoms with E-state index in [1.54, 1.807) is 0 Å². The molecular formula is C12H19NO3. The summed E-state index contributed by atoms with van der Waals surface area (Å²) in [6.45, 7) is 5.49. The third kappa shape index (κ3) is 5.05. The summed E-state index contributed by atoms with van der Waals surface area (Å²) in [7, 11) is 0. The fourth-order valence-corrected chi connectivity index (χ4v) is 1.58. The standard InChI is InChI=1S/C12H19NO3/c1-12(2,3)16-11(15)8-13-9-5-4-6-10(14)7-9/h4-8H2,1-3H3. The molecule has 4 heteroatoms. The van der Waals surface area contributed by atoms with Crippen molar-refractivity contribution in [2.24, 2.45) is 4.99 Å². The summed E-state index contributed by atoms with van der Waals surface area (Å²) < 4.78 is 5.12. The van der Waals surface area contributed by atoms with Gasteiger partial charge >= 0.3 is 5.97 Å². The van der Waals surface area contributed by atoms with Crippen molar-refractivity contribution in [3.63, 3.8) is 0 Å². The van der Waals surface area contributed by atoms with Gasteiger partial charge in [-0.25, -0.2) is 0 Å². The van der Waals surface area contributed by atoms with Crippen LogP contribution in [-0.2, 0) is 14.3 Å². The van der Waals surface area contributed by atoms with Crippen LogP contribution in [0.4, 0.5) is 0 Å². The number of carbonyl (C=O) groups is 2. The quantitative estimate of drug-likeness (QED) is 0.674. The summed E-state index contributed by atoms with van der Waals surface area (Å²) in [6.07, 6.45) is 2.73. The molecule has 0 amide bonds. The summed E-state index contributed by atoms with van der Waals surface area (Å²) >= 11 is 0. The Kier molecular flexibility index (Phi) is 4.21. The summed E-state index contributed by atoms with van der Waals surface area (Å²) in [5, 5.41) is 0. The van der Waals surface area contributed by atoms with Crippen LogP contribution in [0, 0.1) is 0 Å². The Hall–Kier alpha value is -1.19. The monoisotopic (exact) mass is 225 g/mol. The first-order valence-corrected chi connectivity index (χ1v) is 5.62. The maximum absolute atomic E-state index is 11.4. The van der Waals surface area contributed by atoms with Gasteiger partial charge in [-0.05, 0) is 33.6 Å². The van der Waals surface area contributed by atoms with Crippen LogP contribution in [0.15, 0.2) is 4.99 Å². The van der Waals surface area contributed by atoms with Gasteiger partial charge in [0, 0.05) is 18.6 Å². The van der Waals surface area contributed by atoms with Gasteiger partial charge in [0.05, 0.1) is 0 Å². The Labute approximate surface area is 96.1 Å². The summed E-state index contributed by atoms with van der Waals surface area (Å²) in [6, 6.07) is 0. The second-order valence-electron chi connectivity index (χ2n) is 5.04. The Bertz CT molecular complexity index is 313. The maximum atomic E-state index is 11.4. The predicted molar refractivity (Wildman–Crippen MR) is 61.6 cm³/mol. The molecule has 0 atom stereocenters. The number of Topliss-reactive ketones (excluding diaryl/α,β-unsaturated/α-hetero) is 1. The zero-order chi connectivity index (χ0) is 12.2. The first kappa shape index (κ1) is 12.9. The van der Waals surface area contributed by atoms with Gasteiger partial charge < -0.3 is 4.74 Å². The van der Waals surface area contributed by atoms with E-state index >= 15 is 0 Å². The lowest BCUT2D eigenvalue weighted by atomic mass is 9.97. The molecule has 0 spiro atoms. The molecule has 1 fully saturated rings. The molecule has 0 unspecified atom stereocenters. The molecule has 0 aliphatic heterocycles. The molecule has 1 aliphatic carbocycles. The highest BCUT2D eigenvalue weighted by molar-refractivity contribution is 6.04. The van der Waals surface area contributed by atoms with E-state index in [0.717, 1.165) is 18.6 Å². The van der Waals surface area contributed by atoms with E-state index < -0.39 is 5.60 Å². The van der Waals surface area contributed by atoms with Gasteiger partial charge in [0.15, 0.2) is 0 Å². The first-order chi connectivity index (χ1) is 7.37. The van der Waals surface area contributed by atoms with Crippen LogP contribution in [0.5, 0.6) is 0 Å². The van der Waals surface area contributed by atoms with Gasteiger partial charge in [-0.2, -0.15) is 0 Å². The van der Waals surface area contributed by atoms with Crippen molar-refractivity contribution in [1.82, 2.24) is 0 Å². The van der Waals surface area contributed by atoms with E-state index in [1.165, 1.54) is 0 Å². The van der Waals surface area contributed by atoms with Crippen molar-refractivity contribution in [1.29, 1.82) is 0 Å². The number of carbonyl (C=O) groups excluding carboxylic acids is 2. The van der Waals surface area contributed by atoms with E-state index in [-0.39, 0.29) is 18.3 Å². The lowest BCUT2D eigenvalue weighted by Gasteiger charge is -2.19. The molecule has 0 aromatic rings. The highest BCUT2D eigenvalue weighted by Gasteiger charge is 2.17. The minimum Gasteiger partial charge on any atom is -0.459 e. The third-order valence-electron chi connectivity index (χ3n) is 2.17. The van der Waals surface area contributed by atoms with Crippen molar-refractivity contribution in [2.45, 2.75) is 52.1 Å². The van der Waals surface area contributed by atoms with Gasteiger partial charge in [-0.15, -0.1) is 0 Å². The maximum Gasteiger partial charge on any atom is 0.328 e. The second kappa shape index (κ2) is 5.23. The van der Waals surface area contributed by atoms with E-state index in [4.69, 9.17) is 4.74 Å². The molecule has 0 aromatic carbocycles. The van der Waals surface area contributed by atoms with E-state index in [9.17, 15) is 9.59 Å². The van der Waals surface area contributed by atoms with Crippen LogP contribution < -0.4 is 0 Å². The van der Waals surface area contributed by atoms with Crippen LogP contribution >= 0.6 is 0 Å². The van der Waals surface area contributed by atoms with Crippen molar-refractivity contribution in [3.8, 4) is 0 Å². The fourth-order valence-electron chi connectivity index (χ4n) is 1.58. The number of ketones is 1. The van der Waals surface area contributed by atoms with Gasteiger partial charge in [-0.1, -0.05) is 0 Å². The van der Waals surface area contributed by atoms with Gasteiger partial charge in [0.1, 0.15) is 17.9 Å². The molecule has 0 aromatic heterocycles. The average molecular weight is 225 g/mol. The van der Waals surface area contributed by atoms with Gasteiger partial charge in [0.2, 0.25) is 0 Å². The van der Waals surface area contributed by atoms with Crippen molar-refractivity contribution >= 4 is 17.5 Å². The zero-order valence-electron chi connectivity index (χ0n) is 10.2. The Morgan fingerprint density at radius 1 is 1.38 bits per heavy atom. The highest BCUT2D eigenvalue weighted by atomic mass is 16.6. The second-order valence-corrected chi connectivity index (χ2v) is 5.04. The topological polar surface area (TPSA) is 55.7 Å². The van der Waals surface area contributed by atoms with E-state index in [0.29, 0.717) is 12.8 Å². The van der Waals surface area contributed by atoms with Crippen LogP contribution in [-0.4, -0.2) is 29.6 Å². The third-order valence-corrected chi connectivity index (χ3v) is 2.17. The Balaban J connectivity index is 2.40. The number of ether oxygens (including phenoxy) is 1. The number of hydrogen-bond donors (Lipinski definition) is 0. The highest BCUT2D eigenvalue weighted by Crippen LogP contribution is 2.12. The molecular weight excluding hydrogens is 206 g/mol. The van der Waals surface area contributed by atoms with Crippen molar-refractivity contribution < 1.29 is 14.3 Å². The molecule has 0 saturated heterocycles. The summed E-state index contributed by atoms with van der Waals surface area (Å²) in [5.74, 6) is -0.118. The lowest BCUT2D eigenvalue weighted by molar-refractivity contribution is -0.152. The smallest absolute Gasteiger partial charge is 0.328 e. The van der Waals surface area contributed by atoms with Crippen molar-refractivity contribution in [3.05, 3.63) is 0 Å². The molecule has 0 bridgehead atoms. The Morgan fingerprint density at radius 2 is 2.06 bits per heavy atom. The molecule has 0 heterocycles. The van der Waals surface area contributed by atoms with Gasteiger partial charge in [-0.3, -0.25) is 14.6 Å². The van der Waals surface area contributed by atoms with Crippen LogP contribution in [0.25, 0.3) is 0 Å². The lowest BCUT2D eigenvalue weighted by Crippen LogP contribution is -2.26. The molecule has 0 radical (unpaired) electrons. The number of rotatable bonds is 2. The van der Waals surface area contributed by atoms with Crippen LogP contribution in [0.3, 0.4) is 0 Å².